The zero-order chi connectivity index (χ0) is 27.3. The molecule has 1 fully saturated rings. The summed E-state index contributed by atoms with van der Waals surface area (Å²) < 4.78 is 56.1. The van der Waals surface area contributed by atoms with Crippen LogP contribution in [0.2, 0.25) is 0 Å². The van der Waals surface area contributed by atoms with Gasteiger partial charge in [-0.1, -0.05) is 6.07 Å². The number of rotatable bonds is 7. The van der Waals surface area contributed by atoms with Gasteiger partial charge in [0, 0.05) is 37.1 Å². The van der Waals surface area contributed by atoms with Crippen LogP contribution in [-0.4, -0.2) is 47.8 Å². The van der Waals surface area contributed by atoms with Gasteiger partial charge in [0.25, 0.3) is 0 Å². The number of benzene rings is 2. The van der Waals surface area contributed by atoms with Gasteiger partial charge in [0.15, 0.2) is 21.3 Å². The van der Waals surface area contributed by atoms with E-state index in [0.717, 1.165) is 60.7 Å². The molecule has 202 valence electrons. The number of hydrogen-bond acceptors (Lipinski definition) is 9. The largest absolute Gasteiger partial charge is 0.495 e. The molecule has 6 rings (SSSR count). The van der Waals surface area contributed by atoms with E-state index in [0.29, 0.717) is 28.4 Å². The van der Waals surface area contributed by atoms with E-state index >= 15 is 0 Å². The molecule has 39 heavy (non-hydrogen) atoms. The third kappa shape index (κ3) is 4.76. The minimum Gasteiger partial charge on any atom is -0.495 e. The quantitative estimate of drug-likeness (QED) is 0.262. The van der Waals surface area contributed by atoms with E-state index in [4.69, 9.17) is 13.9 Å². The first-order valence-corrected chi connectivity index (χ1v) is 14.4. The van der Waals surface area contributed by atoms with Crippen molar-refractivity contribution < 1.29 is 26.7 Å². The third-order valence-corrected chi connectivity index (χ3v) is 7.90. The summed E-state index contributed by atoms with van der Waals surface area (Å²) in [6.07, 6.45) is 6.77. The summed E-state index contributed by atoms with van der Waals surface area (Å²) in [6.45, 7) is 1.80. The van der Waals surface area contributed by atoms with Gasteiger partial charge in [-0.25, -0.2) is 17.8 Å². The van der Waals surface area contributed by atoms with Crippen LogP contribution in [0.3, 0.4) is 0 Å². The van der Waals surface area contributed by atoms with E-state index in [1.165, 1.54) is 7.11 Å². The Balaban J connectivity index is 1.45. The highest BCUT2D eigenvalue weighted by Gasteiger charge is 2.24. The first-order valence-electron chi connectivity index (χ1n) is 12.5. The smallest absolute Gasteiger partial charge is 0.232 e. The van der Waals surface area contributed by atoms with Crippen LogP contribution < -0.4 is 14.8 Å². The van der Waals surface area contributed by atoms with Gasteiger partial charge in [-0.15, -0.1) is 0 Å². The first-order chi connectivity index (χ1) is 18.7. The lowest BCUT2D eigenvalue weighted by Crippen LogP contribution is -2.13. The third-order valence-electron chi connectivity index (χ3n) is 6.79. The number of aromatic amines is 1. The van der Waals surface area contributed by atoms with Gasteiger partial charge in [-0.3, -0.25) is 0 Å². The summed E-state index contributed by atoms with van der Waals surface area (Å²) >= 11 is 0. The van der Waals surface area contributed by atoms with E-state index in [2.05, 4.69) is 25.3 Å². The molecule has 12 heteroatoms. The highest BCUT2D eigenvalue weighted by Crippen LogP contribution is 2.38. The van der Waals surface area contributed by atoms with Crippen molar-refractivity contribution in [2.45, 2.75) is 43.6 Å². The maximum atomic E-state index is 14.7. The predicted octanol–water partition coefficient (Wildman–Crippen LogP) is 5.69. The average molecular weight is 552 g/mol. The molecule has 0 amide bonds. The molecule has 1 aliphatic carbocycles. The second-order valence-electron chi connectivity index (χ2n) is 9.60. The van der Waals surface area contributed by atoms with Gasteiger partial charge < -0.3 is 24.2 Å². The number of aromatic nitrogens is 4. The van der Waals surface area contributed by atoms with Crippen molar-refractivity contribution in [1.82, 2.24) is 19.9 Å². The number of oxazole rings is 1. The molecule has 0 spiro atoms. The normalized spacial score (nSPS) is 14.4. The molecule has 0 atom stereocenters. The van der Waals surface area contributed by atoms with E-state index in [-0.39, 0.29) is 23.5 Å². The highest BCUT2D eigenvalue weighted by atomic mass is 32.2. The van der Waals surface area contributed by atoms with Gasteiger partial charge in [0.05, 0.1) is 18.2 Å². The number of ether oxygens (including phenoxy) is 2. The standard InChI is InChI=1S/C27H26FN5O5S/c1-14-30-19-9-8-15(10-22(19)37-14)17-13-29-25-24(17)26(38-16-6-4-5-7-16)33-27(32-25)31-20-11-18(28)23(39(3,34)35)12-21(20)36-2/h8-13,16H,4-7H2,1-3H3,(H2,29,31,32,33). The zero-order valence-electron chi connectivity index (χ0n) is 21.5. The van der Waals surface area contributed by atoms with Gasteiger partial charge in [0.2, 0.25) is 11.8 Å². The van der Waals surface area contributed by atoms with Crippen LogP contribution >= 0.6 is 0 Å². The summed E-state index contributed by atoms with van der Waals surface area (Å²) in [5.41, 5.74) is 3.84. The summed E-state index contributed by atoms with van der Waals surface area (Å²) in [5, 5.41) is 3.67. The van der Waals surface area contributed by atoms with Crippen molar-refractivity contribution in [1.29, 1.82) is 0 Å². The van der Waals surface area contributed by atoms with Crippen LogP contribution in [0.25, 0.3) is 33.3 Å². The number of sulfone groups is 1. The molecule has 2 N–H and O–H groups in total. The lowest BCUT2D eigenvalue weighted by Gasteiger charge is -2.16. The Morgan fingerprint density at radius 2 is 1.92 bits per heavy atom. The van der Waals surface area contributed by atoms with Crippen molar-refractivity contribution in [2.24, 2.45) is 0 Å². The molecule has 3 aromatic heterocycles. The minimum atomic E-state index is -3.79. The number of aryl methyl sites for hydroxylation is 1. The fraction of sp³-hybridized carbons (Fsp3) is 0.296. The van der Waals surface area contributed by atoms with E-state index < -0.39 is 20.5 Å². The maximum absolute atomic E-state index is 14.7. The number of fused-ring (bicyclic) bond motifs is 2. The number of halogens is 1. The number of nitrogens with one attached hydrogen (secondary N) is 2. The number of methoxy groups -OCH3 is 1. The fourth-order valence-corrected chi connectivity index (χ4v) is 5.68. The lowest BCUT2D eigenvalue weighted by atomic mass is 10.1. The number of nitrogens with zero attached hydrogens (tertiary/aromatic N) is 3. The molecule has 5 aromatic rings. The molecule has 3 heterocycles. The summed E-state index contributed by atoms with van der Waals surface area (Å²) in [5.74, 6) is 0.314. The van der Waals surface area contributed by atoms with E-state index in [9.17, 15) is 12.8 Å². The SMILES string of the molecule is COc1cc(S(C)(=O)=O)c(F)cc1Nc1nc(OC2CCCC2)c2c(-c3ccc4nc(C)oc4c3)c[nH]c2n1. The number of hydrogen-bond donors (Lipinski definition) is 2. The van der Waals surface area contributed by atoms with Crippen LogP contribution in [0.15, 0.2) is 45.8 Å². The first kappa shape index (κ1) is 25.1. The zero-order valence-corrected chi connectivity index (χ0v) is 22.4. The van der Waals surface area contributed by atoms with Crippen LogP contribution in [-0.2, 0) is 9.84 Å². The molecule has 0 saturated heterocycles. The highest BCUT2D eigenvalue weighted by molar-refractivity contribution is 7.90. The molecular formula is C27H26FN5O5S. The van der Waals surface area contributed by atoms with Crippen LogP contribution in [0, 0.1) is 12.7 Å². The predicted molar refractivity (Wildman–Crippen MR) is 144 cm³/mol. The Hall–Kier alpha value is -4.19. The van der Waals surface area contributed by atoms with E-state index in [1.54, 1.807) is 6.92 Å². The molecule has 0 unspecified atom stereocenters. The van der Waals surface area contributed by atoms with E-state index in [1.807, 2.05) is 24.4 Å². The Morgan fingerprint density at radius 1 is 1.13 bits per heavy atom. The lowest BCUT2D eigenvalue weighted by molar-refractivity contribution is 0.204. The van der Waals surface area contributed by atoms with Crippen molar-refractivity contribution in [2.75, 3.05) is 18.7 Å². The number of H-pyrrole nitrogens is 1. The summed E-state index contributed by atoms with van der Waals surface area (Å²) in [7, 11) is -2.42. The number of anilines is 2. The Kier molecular flexibility index (Phi) is 6.13. The van der Waals surface area contributed by atoms with Crippen molar-refractivity contribution in [3.63, 3.8) is 0 Å². The van der Waals surface area contributed by atoms with Gasteiger partial charge >= 0.3 is 0 Å². The topological polar surface area (TPSA) is 132 Å². The molecule has 2 aromatic carbocycles. The summed E-state index contributed by atoms with van der Waals surface area (Å²) in [4.78, 5) is 16.4. The fourth-order valence-electron chi connectivity index (χ4n) is 4.95. The monoisotopic (exact) mass is 551 g/mol. The minimum absolute atomic E-state index is 0.0131. The Bertz CT molecular complexity index is 1830. The van der Waals surface area contributed by atoms with Gasteiger partial charge in [0.1, 0.15) is 33.7 Å². The molecule has 1 saturated carbocycles. The molecule has 0 bridgehead atoms. The van der Waals surface area contributed by atoms with Gasteiger partial charge in [-0.05, 0) is 43.4 Å². The molecular weight excluding hydrogens is 525 g/mol. The molecule has 0 radical (unpaired) electrons. The second-order valence-corrected chi connectivity index (χ2v) is 11.6. The Labute approximate surface area is 223 Å². The van der Waals surface area contributed by atoms with Gasteiger partial charge in [-0.2, -0.15) is 9.97 Å². The molecule has 0 aliphatic heterocycles. The van der Waals surface area contributed by atoms with Crippen LogP contribution in [0.4, 0.5) is 16.0 Å². The second kappa shape index (κ2) is 9.53. The van der Waals surface area contributed by atoms with Crippen molar-refractivity contribution in [3.8, 4) is 22.8 Å². The maximum Gasteiger partial charge on any atom is 0.232 e. The van der Waals surface area contributed by atoms with Crippen LogP contribution in [0.5, 0.6) is 11.6 Å². The molecule has 10 nitrogen and oxygen atoms in total. The molecule has 1 aliphatic rings. The Morgan fingerprint density at radius 3 is 2.67 bits per heavy atom. The average Bonchev–Trinajstić information content (AvgIpc) is 3.62. The van der Waals surface area contributed by atoms with Crippen LogP contribution in [0.1, 0.15) is 31.6 Å². The van der Waals surface area contributed by atoms with Crippen molar-refractivity contribution in [3.05, 3.63) is 48.2 Å². The van der Waals surface area contributed by atoms with Crippen molar-refractivity contribution >= 4 is 43.6 Å². The summed E-state index contributed by atoms with van der Waals surface area (Å²) in [6, 6.07) is 7.95.